The lowest BCUT2D eigenvalue weighted by atomic mass is 10.4. The average Bonchev–Trinajstić information content (AvgIpc) is 2.16. The molecule has 0 aliphatic heterocycles. The van der Waals surface area contributed by atoms with Gasteiger partial charge in [-0.3, -0.25) is 0 Å². The third kappa shape index (κ3) is 3.17. The summed E-state index contributed by atoms with van der Waals surface area (Å²) in [5.41, 5.74) is 5.23. The third-order valence-corrected chi connectivity index (χ3v) is 2.24. The van der Waals surface area contributed by atoms with Crippen LogP contribution in [0.4, 0.5) is 0 Å². The molecule has 1 aromatic heterocycles. The predicted molar refractivity (Wildman–Crippen MR) is 47.8 cm³/mol. The summed E-state index contributed by atoms with van der Waals surface area (Å²) in [6, 6.07) is 1.75. The second-order valence-electron chi connectivity index (χ2n) is 2.23. The Balaban J connectivity index is 2.33. The Morgan fingerprint density at radius 1 is 1.50 bits per heavy atom. The molecule has 5 heteroatoms. The number of aromatic nitrogens is 2. The van der Waals surface area contributed by atoms with Crippen molar-refractivity contribution in [3.8, 4) is 0 Å². The van der Waals surface area contributed by atoms with Gasteiger partial charge in [-0.15, -0.1) is 0 Å². The summed E-state index contributed by atoms with van der Waals surface area (Å²) in [6.45, 7) is 0.278. The topological polar surface area (TPSA) is 72.0 Å². The molecular formula is C7H11N3OS. The molecule has 1 rings (SSSR count). The molecule has 0 bridgehead atoms. The molecular weight excluding hydrogens is 174 g/mol. The highest BCUT2D eigenvalue weighted by molar-refractivity contribution is 7.99. The molecule has 1 aromatic rings. The summed E-state index contributed by atoms with van der Waals surface area (Å²) in [6.07, 6.45) is 2.87. The second-order valence-corrected chi connectivity index (χ2v) is 3.22. The van der Waals surface area contributed by atoms with E-state index in [1.165, 1.54) is 11.8 Å². The first-order valence-electron chi connectivity index (χ1n) is 3.61. The molecule has 0 amide bonds. The number of rotatable bonds is 4. The Kier molecular flexibility index (Phi) is 3.99. The van der Waals surface area contributed by atoms with Crippen molar-refractivity contribution in [2.24, 2.45) is 5.73 Å². The van der Waals surface area contributed by atoms with Crippen LogP contribution >= 0.6 is 11.8 Å². The summed E-state index contributed by atoms with van der Waals surface area (Å²) in [5, 5.41) is 9.79. The highest BCUT2D eigenvalue weighted by atomic mass is 32.2. The number of nitrogens with two attached hydrogens (primary N) is 1. The van der Waals surface area contributed by atoms with E-state index in [1.54, 1.807) is 18.5 Å². The van der Waals surface area contributed by atoms with Crippen LogP contribution in [0.3, 0.4) is 0 Å². The number of aliphatic hydroxyl groups is 1. The zero-order valence-corrected chi connectivity index (χ0v) is 7.37. The zero-order valence-electron chi connectivity index (χ0n) is 6.55. The van der Waals surface area contributed by atoms with E-state index in [9.17, 15) is 0 Å². The number of aliphatic hydroxyl groups excluding tert-OH is 1. The largest absolute Gasteiger partial charge is 0.391 e. The monoisotopic (exact) mass is 185 g/mol. The van der Waals surface area contributed by atoms with E-state index in [4.69, 9.17) is 10.8 Å². The lowest BCUT2D eigenvalue weighted by Gasteiger charge is -2.04. The van der Waals surface area contributed by atoms with Crippen molar-refractivity contribution in [2.45, 2.75) is 11.3 Å². The van der Waals surface area contributed by atoms with Crippen molar-refractivity contribution >= 4 is 11.8 Å². The molecule has 0 spiro atoms. The fourth-order valence-electron chi connectivity index (χ4n) is 0.599. The zero-order chi connectivity index (χ0) is 8.81. The highest BCUT2D eigenvalue weighted by Crippen LogP contribution is 2.11. The minimum Gasteiger partial charge on any atom is -0.391 e. The minimum atomic E-state index is -0.473. The van der Waals surface area contributed by atoms with Crippen LogP contribution in [0.5, 0.6) is 0 Å². The summed E-state index contributed by atoms with van der Waals surface area (Å²) in [5.74, 6) is 0.542. The molecule has 0 radical (unpaired) electrons. The van der Waals surface area contributed by atoms with Gasteiger partial charge >= 0.3 is 0 Å². The maximum Gasteiger partial charge on any atom is 0.187 e. The van der Waals surface area contributed by atoms with Gasteiger partial charge in [-0.05, 0) is 6.07 Å². The average molecular weight is 185 g/mol. The quantitative estimate of drug-likeness (QED) is 0.506. The highest BCUT2D eigenvalue weighted by Gasteiger charge is 2.02. The van der Waals surface area contributed by atoms with Crippen LogP contribution in [0.15, 0.2) is 23.6 Å². The van der Waals surface area contributed by atoms with Gasteiger partial charge < -0.3 is 10.8 Å². The molecule has 4 nitrogen and oxygen atoms in total. The normalized spacial score (nSPS) is 12.8. The molecule has 66 valence electrons. The molecule has 1 heterocycles. The molecule has 3 N–H and O–H groups in total. The first-order chi connectivity index (χ1) is 5.83. The fourth-order valence-corrected chi connectivity index (χ4v) is 1.35. The Hall–Kier alpha value is -0.650. The lowest BCUT2D eigenvalue weighted by Crippen LogP contribution is -2.21. The van der Waals surface area contributed by atoms with Crippen LogP contribution in [0.25, 0.3) is 0 Å². The van der Waals surface area contributed by atoms with Crippen molar-refractivity contribution in [3.63, 3.8) is 0 Å². The standard InChI is InChI=1S/C7H11N3OS/c8-4-6(11)5-12-7-9-2-1-3-10-7/h1-3,6,11H,4-5,8H2. The van der Waals surface area contributed by atoms with Gasteiger partial charge in [0.05, 0.1) is 6.10 Å². The molecule has 1 atom stereocenters. The summed E-state index contributed by atoms with van der Waals surface area (Å²) in [7, 11) is 0. The predicted octanol–water partition coefficient (Wildman–Crippen LogP) is -0.112. The van der Waals surface area contributed by atoms with Gasteiger partial charge in [-0.1, -0.05) is 11.8 Å². The maximum absolute atomic E-state index is 9.12. The van der Waals surface area contributed by atoms with Crippen molar-refractivity contribution in [2.75, 3.05) is 12.3 Å². The van der Waals surface area contributed by atoms with E-state index >= 15 is 0 Å². The SMILES string of the molecule is NCC(O)CSc1ncccn1. The Labute approximate surface area is 75.2 Å². The summed E-state index contributed by atoms with van der Waals surface area (Å²) in [4.78, 5) is 7.97. The van der Waals surface area contributed by atoms with E-state index in [0.717, 1.165) is 0 Å². The third-order valence-electron chi connectivity index (χ3n) is 1.22. The molecule has 1 unspecified atom stereocenters. The van der Waals surface area contributed by atoms with E-state index < -0.39 is 6.10 Å². The van der Waals surface area contributed by atoms with Crippen LogP contribution in [-0.4, -0.2) is 33.5 Å². The molecule has 12 heavy (non-hydrogen) atoms. The van der Waals surface area contributed by atoms with E-state index in [1.807, 2.05) is 0 Å². The molecule has 0 aromatic carbocycles. The van der Waals surface area contributed by atoms with E-state index in [-0.39, 0.29) is 6.54 Å². The fraction of sp³-hybridized carbons (Fsp3) is 0.429. The van der Waals surface area contributed by atoms with Crippen molar-refractivity contribution in [3.05, 3.63) is 18.5 Å². The number of thioether (sulfide) groups is 1. The van der Waals surface area contributed by atoms with Crippen LogP contribution < -0.4 is 5.73 Å². The lowest BCUT2D eigenvalue weighted by molar-refractivity contribution is 0.208. The first kappa shape index (κ1) is 9.44. The van der Waals surface area contributed by atoms with E-state index in [2.05, 4.69) is 9.97 Å². The Bertz CT molecular complexity index is 219. The minimum absolute atomic E-state index is 0.278. The van der Waals surface area contributed by atoms with Crippen LogP contribution in [-0.2, 0) is 0 Å². The smallest absolute Gasteiger partial charge is 0.187 e. The van der Waals surface area contributed by atoms with Gasteiger partial charge in [0.2, 0.25) is 0 Å². The maximum atomic E-state index is 9.12. The number of hydrogen-bond donors (Lipinski definition) is 2. The molecule has 0 saturated carbocycles. The summed E-state index contributed by atoms with van der Waals surface area (Å²) >= 11 is 1.40. The van der Waals surface area contributed by atoms with Gasteiger partial charge in [0.25, 0.3) is 0 Å². The van der Waals surface area contributed by atoms with E-state index in [0.29, 0.717) is 10.9 Å². The molecule has 0 aliphatic rings. The number of hydrogen-bond acceptors (Lipinski definition) is 5. The Morgan fingerprint density at radius 3 is 2.75 bits per heavy atom. The Morgan fingerprint density at radius 2 is 2.17 bits per heavy atom. The van der Waals surface area contributed by atoms with Crippen molar-refractivity contribution in [1.82, 2.24) is 9.97 Å². The van der Waals surface area contributed by atoms with Gasteiger partial charge in [0.1, 0.15) is 0 Å². The van der Waals surface area contributed by atoms with Gasteiger partial charge in [-0.2, -0.15) is 0 Å². The molecule has 0 saturated heterocycles. The first-order valence-corrected chi connectivity index (χ1v) is 4.59. The van der Waals surface area contributed by atoms with Gasteiger partial charge in [-0.25, -0.2) is 9.97 Å². The second kappa shape index (κ2) is 5.08. The van der Waals surface area contributed by atoms with Gasteiger partial charge in [0.15, 0.2) is 5.16 Å². The molecule has 0 fully saturated rings. The molecule has 0 aliphatic carbocycles. The summed E-state index contributed by atoms with van der Waals surface area (Å²) < 4.78 is 0. The van der Waals surface area contributed by atoms with Crippen LogP contribution in [0, 0.1) is 0 Å². The van der Waals surface area contributed by atoms with Crippen LogP contribution in [0.2, 0.25) is 0 Å². The van der Waals surface area contributed by atoms with Crippen molar-refractivity contribution < 1.29 is 5.11 Å². The van der Waals surface area contributed by atoms with Crippen molar-refractivity contribution in [1.29, 1.82) is 0 Å². The number of nitrogens with zero attached hydrogens (tertiary/aromatic N) is 2. The van der Waals surface area contributed by atoms with Gasteiger partial charge in [0, 0.05) is 24.7 Å². The van der Waals surface area contributed by atoms with Crippen LogP contribution in [0.1, 0.15) is 0 Å².